The van der Waals surface area contributed by atoms with Gasteiger partial charge in [0.05, 0.1) is 16.5 Å². The lowest BCUT2D eigenvalue weighted by Gasteiger charge is -2.10. The van der Waals surface area contributed by atoms with Gasteiger partial charge in [0, 0.05) is 6.07 Å². The molecule has 0 atom stereocenters. The summed E-state index contributed by atoms with van der Waals surface area (Å²) in [5.41, 5.74) is 1.84. The zero-order valence-electron chi connectivity index (χ0n) is 17.4. The van der Waals surface area contributed by atoms with Gasteiger partial charge < -0.3 is 9.84 Å². The third-order valence-corrected chi connectivity index (χ3v) is 7.15. The molecule has 0 saturated heterocycles. The van der Waals surface area contributed by atoms with Crippen LogP contribution < -0.4 is 4.74 Å². The Balaban J connectivity index is 1.68. The molecule has 0 aromatic heterocycles. The van der Waals surface area contributed by atoms with E-state index in [1.165, 1.54) is 9.79 Å². The number of hydrogen-bond donors (Lipinski definition) is 1. The summed E-state index contributed by atoms with van der Waals surface area (Å²) in [6.45, 7) is 3.57. The van der Waals surface area contributed by atoms with E-state index < -0.39 is 5.97 Å². The highest BCUT2D eigenvalue weighted by atomic mass is 32.2. The third kappa shape index (κ3) is 4.65. The number of hydrogen-bond acceptors (Lipinski definition) is 3. The second-order valence-electron chi connectivity index (χ2n) is 7.26. The van der Waals surface area contributed by atoms with Crippen molar-refractivity contribution in [3.05, 3.63) is 114 Å². The van der Waals surface area contributed by atoms with Crippen molar-refractivity contribution in [1.29, 1.82) is 0 Å². The van der Waals surface area contributed by atoms with Gasteiger partial charge in [0.1, 0.15) is 11.5 Å². The summed E-state index contributed by atoms with van der Waals surface area (Å²) in [6, 6.07) is 31.6. The number of carbonyl (C=O) groups excluding carboxylic acids is 1. The Morgan fingerprint density at radius 1 is 0.710 bits per heavy atom. The fourth-order valence-corrected chi connectivity index (χ4v) is 5.55. The van der Waals surface area contributed by atoms with Crippen molar-refractivity contribution in [1.82, 2.24) is 0 Å². The van der Waals surface area contributed by atoms with Gasteiger partial charge in [-0.3, -0.25) is 0 Å². The molecule has 0 aliphatic rings. The minimum absolute atomic E-state index is 0.219. The van der Waals surface area contributed by atoms with Crippen LogP contribution in [0.25, 0.3) is 0 Å². The molecular weight excluding hydrogens is 404 g/mol. The van der Waals surface area contributed by atoms with Gasteiger partial charge >= 0.3 is 5.97 Å². The van der Waals surface area contributed by atoms with Crippen molar-refractivity contribution in [3.8, 4) is 11.5 Å². The van der Waals surface area contributed by atoms with Crippen molar-refractivity contribution < 1.29 is 14.6 Å². The molecule has 4 rings (SSSR count). The molecule has 0 aliphatic heterocycles. The SMILES string of the molecule is Cc1cc(OC(=O)c2cccc([S+](c3ccccc3)c3ccccc3)c2)cc(C)c1O. The molecule has 0 fully saturated rings. The van der Waals surface area contributed by atoms with E-state index in [9.17, 15) is 9.90 Å². The van der Waals surface area contributed by atoms with Gasteiger partial charge in [-0.2, -0.15) is 0 Å². The Morgan fingerprint density at radius 2 is 1.23 bits per heavy atom. The normalized spacial score (nSPS) is 10.8. The summed E-state index contributed by atoms with van der Waals surface area (Å²) < 4.78 is 5.62. The fourth-order valence-electron chi connectivity index (χ4n) is 3.41. The van der Waals surface area contributed by atoms with Crippen molar-refractivity contribution in [3.63, 3.8) is 0 Å². The van der Waals surface area contributed by atoms with Crippen LogP contribution in [-0.2, 0) is 10.9 Å². The Labute approximate surface area is 185 Å². The first kappa shape index (κ1) is 20.8. The number of carbonyl (C=O) groups is 1. The molecule has 31 heavy (non-hydrogen) atoms. The lowest BCUT2D eigenvalue weighted by Crippen LogP contribution is -2.11. The monoisotopic (exact) mass is 427 g/mol. The minimum Gasteiger partial charge on any atom is -0.507 e. The van der Waals surface area contributed by atoms with E-state index in [2.05, 4.69) is 30.3 Å². The molecule has 0 spiro atoms. The summed E-state index contributed by atoms with van der Waals surface area (Å²) >= 11 is 0. The second-order valence-corrected chi connectivity index (χ2v) is 9.28. The van der Waals surface area contributed by atoms with E-state index in [-0.39, 0.29) is 16.6 Å². The van der Waals surface area contributed by atoms with Gasteiger partial charge in [0.25, 0.3) is 0 Å². The van der Waals surface area contributed by atoms with Gasteiger partial charge in [-0.1, -0.05) is 42.5 Å². The first-order valence-corrected chi connectivity index (χ1v) is 11.2. The Hall–Kier alpha value is -3.50. The van der Waals surface area contributed by atoms with Gasteiger partial charge in [-0.15, -0.1) is 0 Å². The highest BCUT2D eigenvalue weighted by Gasteiger charge is 2.29. The Kier molecular flexibility index (Phi) is 6.10. The van der Waals surface area contributed by atoms with Gasteiger partial charge in [0.15, 0.2) is 14.7 Å². The zero-order valence-corrected chi connectivity index (χ0v) is 18.2. The largest absolute Gasteiger partial charge is 0.507 e. The molecular formula is C27H23O3S+. The molecule has 0 heterocycles. The average molecular weight is 428 g/mol. The van der Waals surface area contributed by atoms with Crippen molar-refractivity contribution in [2.45, 2.75) is 28.5 Å². The summed E-state index contributed by atoms with van der Waals surface area (Å²) in [5, 5.41) is 9.96. The second kappa shape index (κ2) is 9.11. The van der Waals surface area contributed by atoms with Crippen LogP contribution in [-0.4, -0.2) is 11.1 Å². The maximum Gasteiger partial charge on any atom is 0.343 e. The first-order chi connectivity index (χ1) is 15.0. The van der Waals surface area contributed by atoms with Crippen LogP contribution in [0.4, 0.5) is 0 Å². The molecule has 0 bridgehead atoms. The number of esters is 1. The number of aromatic hydroxyl groups is 1. The number of aryl methyl sites for hydroxylation is 2. The first-order valence-electron chi connectivity index (χ1n) is 10.00. The standard InChI is InChI=1S/C27H22O3S/c1-19-16-22(17-20(2)26(19)28)30-27(29)21-10-9-15-25(18-21)31(23-11-5-3-6-12-23)24-13-7-4-8-14-24/h3-18H,1-2H3/p+1. The lowest BCUT2D eigenvalue weighted by molar-refractivity contribution is 0.0734. The van der Waals surface area contributed by atoms with Gasteiger partial charge in [-0.05, 0) is 73.5 Å². The molecule has 4 aromatic carbocycles. The Bertz CT molecular complexity index is 1140. The van der Waals surface area contributed by atoms with Crippen LogP contribution in [0.1, 0.15) is 21.5 Å². The number of rotatable bonds is 5. The molecule has 3 nitrogen and oxygen atoms in total. The number of phenols is 1. The maximum atomic E-state index is 12.9. The van der Waals surface area contributed by atoms with E-state index >= 15 is 0 Å². The van der Waals surface area contributed by atoms with Crippen molar-refractivity contribution in [2.75, 3.05) is 0 Å². The number of ether oxygens (including phenoxy) is 1. The van der Waals surface area contributed by atoms with Crippen LogP contribution in [0.15, 0.2) is 112 Å². The summed E-state index contributed by atoms with van der Waals surface area (Å²) in [5.74, 6) is 0.223. The van der Waals surface area contributed by atoms with Crippen LogP contribution in [0.2, 0.25) is 0 Å². The highest BCUT2D eigenvalue weighted by molar-refractivity contribution is 7.97. The Morgan fingerprint density at radius 3 is 1.77 bits per heavy atom. The van der Waals surface area contributed by atoms with E-state index in [1.54, 1.807) is 32.0 Å². The molecule has 4 heteroatoms. The van der Waals surface area contributed by atoms with Crippen LogP contribution in [0, 0.1) is 13.8 Å². The zero-order chi connectivity index (χ0) is 21.8. The summed E-state index contributed by atoms with van der Waals surface area (Å²) in [6.07, 6.45) is 0. The predicted octanol–water partition coefficient (Wildman–Crippen LogP) is 6.32. The quantitative estimate of drug-likeness (QED) is 0.230. The third-order valence-electron chi connectivity index (χ3n) is 4.94. The smallest absolute Gasteiger partial charge is 0.343 e. The van der Waals surface area contributed by atoms with Crippen LogP contribution in [0.5, 0.6) is 11.5 Å². The lowest BCUT2D eigenvalue weighted by atomic mass is 10.1. The summed E-state index contributed by atoms with van der Waals surface area (Å²) in [4.78, 5) is 16.3. The molecule has 1 N–H and O–H groups in total. The number of benzene rings is 4. The van der Waals surface area contributed by atoms with Crippen molar-refractivity contribution in [2.24, 2.45) is 0 Å². The van der Waals surface area contributed by atoms with Gasteiger partial charge in [0.2, 0.25) is 0 Å². The minimum atomic E-state index is -0.420. The molecule has 154 valence electrons. The molecule has 0 aliphatic carbocycles. The van der Waals surface area contributed by atoms with Crippen molar-refractivity contribution >= 4 is 16.9 Å². The van der Waals surface area contributed by atoms with Crippen LogP contribution >= 0.6 is 0 Å². The highest BCUT2D eigenvalue weighted by Crippen LogP contribution is 2.32. The fraction of sp³-hybridized carbons (Fsp3) is 0.0741. The van der Waals surface area contributed by atoms with E-state index in [0.717, 1.165) is 4.90 Å². The molecule has 0 amide bonds. The van der Waals surface area contributed by atoms with E-state index in [0.29, 0.717) is 22.4 Å². The van der Waals surface area contributed by atoms with E-state index in [4.69, 9.17) is 4.74 Å². The topological polar surface area (TPSA) is 46.5 Å². The predicted molar refractivity (Wildman–Crippen MR) is 124 cm³/mol. The molecule has 0 radical (unpaired) electrons. The van der Waals surface area contributed by atoms with E-state index in [1.807, 2.05) is 48.5 Å². The van der Waals surface area contributed by atoms with Crippen LogP contribution in [0.3, 0.4) is 0 Å². The summed E-state index contributed by atoms with van der Waals surface area (Å²) in [7, 11) is -0.339. The molecule has 0 saturated carbocycles. The van der Waals surface area contributed by atoms with Gasteiger partial charge in [-0.25, -0.2) is 4.79 Å². The number of phenolic OH excluding ortho intramolecular Hbond substituents is 1. The maximum absolute atomic E-state index is 12.9. The average Bonchev–Trinajstić information content (AvgIpc) is 2.79. The molecule has 0 unspecified atom stereocenters. The molecule has 4 aromatic rings.